The molecule has 7 heteroatoms. The smallest absolute Gasteiger partial charge is 0.404 e. The van der Waals surface area contributed by atoms with Crippen molar-refractivity contribution in [2.24, 2.45) is 0 Å². The maximum Gasteiger partial charge on any atom is 0.404 e. The van der Waals surface area contributed by atoms with Gasteiger partial charge in [-0.25, -0.2) is 13.2 Å². The van der Waals surface area contributed by atoms with Crippen molar-refractivity contribution in [1.82, 2.24) is 0 Å². The van der Waals surface area contributed by atoms with Crippen LogP contribution in [0.5, 0.6) is 0 Å². The first-order valence-electron chi connectivity index (χ1n) is 3.11. The molecular formula is C5H6Cl2O4S. The van der Waals surface area contributed by atoms with Crippen LogP contribution in [0.2, 0.25) is 0 Å². The summed E-state index contributed by atoms with van der Waals surface area (Å²) in [6.45, 7) is 0. The van der Waals surface area contributed by atoms with Gasteiger partial charge in [0, 0.05) is 11.6 Å². The van der Waals surface area contributed by atoms with E-state index in [1.54, 1.807) is 0 Å². The molecule has 0 N–H and O–H groups in total. The van der Waals surface area contributed by atoms with E-state index < -0.39 is 26.7 Å². The van der Waals surface area contributed by atoms with Gasteiger partial charge in [-0.1, -0.05) is 0 Å². The van der Waals surface area contributed by atoms with Gasteiger partial charge in [0.1, 0.15) is 6.10 Å². The lowest BCUT2D eigenvalue weighted by molar-refractivity contribution is 0.136. The number of carbonyl (C=O) groups is 1. The SMILES string of the molecule is O=C(Cl)O[C@H]1CS(=O)(=O)C[C@@H]1Cl. The standard InChI is InChI=1S/C5H6Cl2O4S/c6-3-1-12(9,10)2-4(3)11-5(7)8/h3-4H,1-2H2/t3-,4-/m0/s1. The van der Waals surface area contributed by atoms with Gasteiger partial charge in [-0.2, -0.15) is 0 Å². The first-order valence-corrected chi connectivity index (χ1v) is 5.75. The Kier molecular flexibility index (Phi) is 2.85. The molecule has 0 aromatic rings. The maximum absolute atomic E-state index is 10.9. The molecule has 0 spiro atoms. The number of sulfone groups is 1. The molecule has 2 atom stereocenters. The van der Waals surface area contributed by atoms with Crippen LogP contribution < -0.4 is 0 Å². The Balaban J connectivity index is 2.64. The molecule has 0 radical (unpaired) electrons. The fourth-order valence-corrected chi connectivity index (χ4v) is 3.57. The summed E-state index contributed by atoms with van der Waals surface area (Å²) in [5.74, 6) is -0.400. The second kappa shape index (κ2) is 3.40. The summed E-state index contributed by atoms with van der Waals surface area (Å²) in [7, 11) is -3.16. The summed E-state index contributed by atoms with van der Waals surface area (Å²) in [6, 6.07) is 0. The van der Waals surface area contributed by atoms with Crippen molar-refractivity contribution in [3.8, 4) is 0 Å². The number of rotatable bonds is 1. The van der Waals surface area contributed by atoms with E-state index >= 15 is 0 Å². The topological polar surface area (TPSA) is 60.4 Å². The van der Waals surface area contributed by atoms with Crippen molar-refractivity contribution in [1.29, 1.82) is 0 Å². The average molecular weight is 233 g/mol. The number of halogens is 2. The second-order valence-corrected chi connectivity index (χ2v) is 5.51. The summed E-state index contributed by atoms with van der Waals surface area (Å²) in [6.07, 6.45) is -0.804. The first kappa shape index (κ1) is 10.1. The largest absolute Gasteiger partial charge is 0.448 e. The van der Waals surface area contributed by atoms with Crippen LogP contribution >= 0.6 is 23.2 Å². The predicted octanol–water partition coefficient (Wildman–Crippen LogP) is 0.766. The highest BCUT2D eigenvalue weighted by Crippen LogP contribution is 2.21. The second-order valence-electron chi connectivity index (χ2n) is 2.49. The van der Waals surface area contributed by atoms with Crippen LogP contribution in [0.25, 0.3) is 0 Å². The maximum atomic E-state index is 10.9. The average Bonchev–Trinajstić information content (AvgIpc) is 2.03. The molecular weight excluding hydrogens is 227 g/mol. The molecule has 0 unspecified atom stereocenters. The van der Waals surface area contributed by atoms with Gasteiger partial charge < -0.3 is 4.74 Å². The molecule has 0 bridgehead atoms. The lowest BCUT2D eigenvalue weighted by atomic mass is 10.3. The van der Waals surface area contributed by atoms with E-state index in [0.717, 1.165) is 0 Å². The Bertz CT molecular complexity index is 286. The predicted molar refractivity (Wildman–Crippen MR) is 44.4 cm³/mol. The van der Waals surface area contributed by atoms with Gasteiger partial charge in [0.05, 0.1) is 16.9 Å². The van der Waals surface area contributed by atoms with Gasteiger partial charge in [0.25, 0.3) is 0 Å². The number of hydrogen-bond donors (Lipinski definition) is 0. The minimum absolute atomic E-state index is 0.163. The minimum Gasteiger partial charge on any atom is -0.448 e. The van der Waals surface area contributed by atoms with E-state index in [4.69, 9.17) is 23.2 Å². The highest BCUT2D eigenvalue weighted by molar-refractivity contribution is 7.91. The number of alkyl halides is 1. The normalized spacial score (nSPS) is 33.2. The number of carbonyl (C=O) groups excluding carboxylic acids is 1. The Labute approximate surface area is 79.7 Å². The van der Waals surface area contributed by atoms with Gasteiger partial charge in [0.15, 0.2) is 9.84 Å². The van der Waals surface area contributed by atoms with Gasteiger partial charge in [-0.05, 0) is 0 Å². The van der Waals surface area contributed by atoms with Crippen LogP contribution in [0.15, 0.2) is 0 Å². The zero-order valence-corrected chi connectivity index (χ0v) is 8.19. The van der Waals surface area contributed by atoms with Gasteiger partial charge in [-0.15, -0.1) is 11.6 Å². The molecule has 1 rings (SSSR count). The summed E-state index contributed by atoms with van der Waals surface area (Å²) >= 11 is 10.5. The summed E-state index contributed by atoms with van der Waals surface area (Å²) in [5, 5.41) is -0.683. The van der Waals surface area contributed by atoms with Gasteiger partial charge in [0.2, 0.25) is 0 Å². The van der Waals surface area contributed by atoms with Gasteiger partial charge >= 0.3 is 5.43 Å². The van der Waals surface area contributed by atoms with Crippen LogP contribution in [0.1, 0.15) is 0 Å². The molecule has 0 amide bonds. The van der Waals surface area contributed by atoms with Crippen LogP contribution in [0, 0.1) is 0 Å². The van der Waals surface area contributed by atoms with E-state index in [9.17, 15) is 13.2 Å². The molecule has 0 aliphatic carbocycles. The van der Waals surface area contributed by atoms with E-state index in [1.807, 2.05) is 0 Å². The fourth-order valence-electron chi connectivity index (χ4n) is 1.000. The fraction of sp³-hybridized carbons (Fsp3) is 0.800. The quantitative estimate of drug-likeness (QED) is 0.495. The third kappa shape index (κ3) is 2.50. The molecule has 0 aromatic heterocycles. The molecule has 70 valence electrons. The highest BCUT2D eigenvalue weighted by Gasteiger charge is 2.38. The van der Waals surface area contributed by atoms with Crippen molar-refractivity contribution in [2.45, 2.75) is 11.5 Å². The molecule has 0 aromatic carbocycles. The van der Waals surface area contributed by atoms with Crippen LogP contribution in [-0.2, 0) is 14.6 Å². The van der Waals surface area contributed by atoms with Crippen molar-refractivity contribution >= 4 is 38.5 Å². The van der Waals surface area contributed by atoms with Crippen LogP contribution in [-0.4, -0.2) is 36.8 Å². The minimum atomic E-state index is -3.16. The summed E-state index contributed by atoms with van der Waals surface area (Å²) in [5.41, 5.74) is -1.03. The molecule has 1 aliphatic heterocycles. The van der Waals surface area contributed by atoms with E-state index in [2.05, 4.69) is 4.74 Å². The van der Waals surface area contributed by atoms with Crippen molar-refractivity contribution in [3.05, 3.63) is 0 Å². The summed E-state index contributed by atoms with van der Waals surface area (Å²) < 4.78 is 26.3. The third-order valence-electron chi connectivity index (χ3n) is 1.48. The number of hydrogen-bond acceptors (Lipinski definition) is 4. The van der Waals surface area contributed by atoms with E-state index in [0.29, 0.717) is 0 Å². The van der Waals surface area contributed by atoms with E-state index in [-0.39, 0.29) is 11.5 Å². The molecule has 1 saturated heterocycles. The monoisotopic (exact) mass is 232 g/mol. The lowest BCUT2D eigenvalue weighted by Gasteiger charge is -2.09. The third-order valence-corrected chi connectivity index (χ3v) is 3.89. The molecule has 0 saturated carbocycles. The van der Waals surface area contributed by atoms with Crippen molar-refractivity contribution in [3.63, 3.8) is 0 Å². The van der Waals surface area contributed by atoms with Gasteiger partial charge in [-0.3, -0.25) is 0 Å². The Hall–Kier alpha value is -0.000000000000000111. The number of ether oxygens (including phenoxy) is 1. The summed E-state index contributed by atoms with van der Waals surface area (Å²) in [4.78, 5) is 10.2. The molecule has 12 heavy (non-hydrogen) atoms. The van der Waals surface area contributed by atoms with Crippen molar-refractivity contribution in [2.75, 3.05) is 11.5 Å². The zero-order chi connectivity index (χ0) is 9.35. The van der Waals surface area contributed by atoms with Crippen LogP contribution in [0.3, 0.4) is 0 Å². The molecule has 1 fully saturated rings. The molecule has 4 nitrogen and oxygen atoms in total. The van der Waals surface area contributed by atoms with Crippen LogP contribution in [0.4, 0.5) is 4.79 Å². The lowest BCUT2D eigenvalue weighted by Crippen LogP contribution is -2.23. The van der Waals surface area contributed by atoms with E-state index in [1.165, 1.54) is 0 Å². The highest BCUT2D eigenvalue weighted by atomic mass is 35.5. The molecule has 1 aliphatic rings. The Morgan fingerprint density at radius 3 is 2.33 bits per heavy atom. The molecule has 1 heterocycles. The Morgan fingerprint density at radius 2 is 2.00 bits per heavy atom. The Morgan fingerprint density at radius 1 is 1.42 bits per heavy atom. The first-order chi connectivity index (χ1) is 5.41. The zero-order valence-electron chi connectivity index (χ0n) is 5.87. The van der Waals surface area contributed by atoms with Crippen molar-refractivity contribution < 1.29 is 17.9 Å².